The average molecular weight is 1450 g/mol. The summed E-state index contributed by atoms with van der Waals surface area (Å²) >= 11 is 0. The van der Waals surface area contributed by atoms with Crippen LogP contribution in [0.4, 0.5) is 0 Å². The number of ether oxygens (including phenoxy) is 4. The predicted molar refractivity (Wildman–Crippen MR) is 405 cm³/mol. The number of phosphoric ester groups is 2. The Balaban J connectivity index is 5.25. The van der Waals surface area contributed by atoms with E-state index in [1.807, 2.05) is 0 Å². The van der Waals surface area contributed by atoms with E-state index in [1.165, 1.54) is 218 Å². The summed E-state index contributed by atoms with van der Waals surface area (Å²) in [5.41, 5.74) is 0. The van der Waals surface area contributed by atoms with Gasteiger partial charge < -0.3 is 33.8 Å². The number of esters is 4. The van der Waals surface area contributed by atoms with Gasteiger partial charge in [0.05, 0.1) is 26.4 Å². The lowest BCUT2D eigenvalue weighted by molar-refractivity contribution is -0.161. The first kappa shape index (κ1) is 97.1. The molecule has 0 saturated heterocycles. The normalized spacial score (nSPS) is 14.3. The monoisotopic (exact) mass is 1450 g/mol. The predicted octanol–water partition coefficient (Wildman–Crippen LogP) is 23.7. The fourth-order valence-corrected chi connectivity index (χ4v) is 13.9. The van der Waals surface area contributed by atoms with E-state index in [-0.39, 0.29) is 25.7 Å². The van der Waals surface area contributed by atoms with Crippen LogP contribution < -0.4 is 0 Å². The highest BCUT2D eigenvalue weighted by molar-refractivity contribution is 7.47. The number of aliphatic hydroxyl groups is 1. The highest BCUT2D eigenvalue weighted by Crippen LogP contribution is 2.45. The lowest BCUT2D eigenvalue weighted by Crippen LogP contribution is -2.30. The number of phosphoric acid groups is 2. The Labute approximate surface area is 607 Å². The third-order valence-corrected chi connectivity index (χ3v) is 20.9. The maximum absolute atomic E-state index is 13.1. The molecule has 99 heavy (non-hydrogen) atoms. The van der Waals surface area contributed by atoms with E-state index in [4.69, 9.17) is 37.0 Å². The molecule has 588 valence electrons. The molecule has 0 spiro atoms. The van der Waals surface area contributed by atoms with Crippen LogP contribution >= 0.6 is 15.6 Å². The maximum Gasteiger partial charge on any atom is 0.472 e. The molecule has 0 saturated carbocycles. The van der Waals surface area contributed by atoms with Crippen molar-refractivity contribution < 1.29 is 80.2 Å². The summed E-state index contributed by atoms with van der Waals surface area (Å²) in [7, 11) is -9.92. The number of carbonyl (C=O) groups excluding carboxylic acids is 4. The minimum absolute atomic E-state index is 0.105. The lowest BCUT2D eigenvalue weighted by Gasteiger charge is -2.21. The van der Waals surface area contributed by atoms with E-state index in [1.54, 1.807) is 0 Å². The molecular formula is C80H156O17P2. The molecule has 0 radical (unpaired) electrons. The van der Waals surface area contributed by atoms with Crippen molar-refractivity contribution in [3.63, 3.8) is 0 Å². The second-order valence-corrected chi connectivity index (χ2v) is 32.9. The Kier molecular flexibility index (Phi) is 69.0. The van der Waals surface area contributed by atoms with Crippen LogP contribution in [0.15, 0.2) is 0 Å². The van der Waals surface area contributed by atoms with E-state index in [2.05, 4.69) is 48.5 Å². The first-order chi connectivity index (χ1) is 47.8. The van der Waals surface area contributed by atoms with Crippen molar-refractivity contribution >= 4 is 39.5 Å². The molecule has 6 atom stereocenters. The zero-order chi connectivity index (χ0) is 73.0. The van der Waals surface area contributed by atoms with Gasteiger partial charge >= 0.3 is 39.5 Å². The number of hydrogen-bond acceptors (Lipinski definition) is 15. The van der Waals surface area contributed by atoms with Crippen LogP contribution in [-0.2, 0) is 65.4 Å². The summed E-state index contributed by atoms with van der Waals surface area (Å²) in [6.07, 6.45) is 58.3. The molecule has 19 heteroatoms. The highest BCUT2D eigenvalue weighted by atomic mass is 31.2. The van der Waals surface area contributed by atoms with Crippen LogP contribution in [0, 0.1) is 17.8 Å². The number of unbranched alkanes of at least 4 members (excludes halogenated alkanes) is 45. The number of rotatable bonds is 78. The molecule has 3 N–H and O–H groups in total. The molecule has 0 heterocycles. The average Bonchev–Trinajstić information content (AvgIpc) is 0.946. The van der Waals surface area contributed by atoms with Gasteiger partial charge in [-0.2, -0.15) is 0 Å². The molecular weight excluding hydrogens is 1290 g/mol. The van der Waals surface area contributed by atoms with Gasteiger partial charge in [-0.25, -0.2) is 9.13 Å². The lowest BCUT2D eigenvalue weighted by atomic mass is 9.99. The van der Waals surface area contributed by atoms with Crippen LogP contribution in [0.3, 0.4) is 0 Å². The van der Waals surface area contributed by atoms with Crippen molar-refractivity contribution in [2.75, 3.05) is 39.6 Å². The fourth-order valence-electron chi connectivity index (χ4n) is 12.3. The van der Waals surface area contributed by atoms with Crippen LogP contribution in [-0.4, -0.2) is 96.7 Å². The van der Waals surface area contributed by atoms with Crippen molar-refractivity contribution in [1.82, 2.24) is 0 Å². The van der Waals surface area contributed by atoms with Gasteiger partial charge in [-0.15, -0.1) is 0 Å². The molecule has 0 aliphatic rings. The molecule has 0 fully saturated rings. The van der Waals surface area contributed by atoms with Gasteiger partial charge in [0.15, 0.2) is 12.2 Å². The minimum atomic E-state index is -4.96. The van der Waals surface area contributed by atoms with Crippen molar-refractivity contribution in [3.8, 4) is 0 Å². The molecule has 0 bridgehead atoms. The van der Waals surface area contributed by atoms with E-state index in [0.717, 1.165) is 108 Å². The quantitative estimate of drug-likeness (QED) is 0.0222. The standard InChI is InChI=1S/C80H156O17P2/c1-8-10-11-12-13-14-15-16-17-18-21-24-27-33-40-47-54-61-77(82)90-67-75(96-79(84)63-56-49-41-34-28-25-22-19-20-23-26-31-37-44-51-58-71(3)4)69-94-98(86,87)92-65-74(81)66-93-99(88,89)95-70-76(68-91-78(83)62-55-48-43-36-38-45-52-59-72(5)6)97-80(85)64-57-50-42-35-30-29-32-39-46-53-60-73(7)9-2/h71-76,81H,8-70H2,1-7H3,(H,86,87)(H,88,89)/t73?,74-,75-,76-/m1/s1. The maximum atomic E-state index is 13.1. The molecule has 0 aliphatic heterocycles. The van der Waals surface area contributed by atoms with Gasteiger partial charge in [0, 0.05) is 25.7 Å². The van der Waals surface area contributed by atoms with E-state index in [9.17, 15) is 43.2 Å². The van der Waals surface area contributed by atoms with Crippen LogP contribution in [0.5, 0.6) is 0 Å². The molecule has 0 aromatic heterocycles. The molecule has 0 aromatic rings. The zero-order valence-corrected chi connectivity index (χ0v) is 66.8. The summed E-state index contributed by atoms with van der Waals surface area (Å²) in [5, 5.41) is 10.6. The highest BCUT2D eigenvalue weighted by Gasteiger charge is 2.30. The Bertz CT molecular complexity index is 1920. The molecule has 3 unspecified atom stereocenters. The van der Waals surface area contributed by atoms with Crippen molar-refractivity contribution in [2.45, 2.75) is 433 Å². The van der Waals surface area contributed by atoms with Crippen LogP contribution in [0.2, 0.25) is 0 Å². The van der Waals surface area contributed by atoms with Gasteiger partial charge in [-0.1, -0.05) is 363 Å². The van der Waals surface area contributed by atoms with Gasteiger partial charge in [0.25, 0.3) is 0 Å². The molecule has 0 rings (SSSR count). The van der Waals surface area contributed by atoms with E-state index in [0.29, 0.717) is 31.6 Å². The van der Waals surface area contributed by atoms with Gasteiger partial charge in [0.2, 0.25) is 0 Å². The third-order valence-electron chi connectivity index (χ3n) is 19.0. The summed E-state index contributed by atoms with van der Waals surface area (Å²) in [4.78, 5) is 73.0. The van der Waals surface area contributed by atoms with Gasteiger partial charge in [-0.05, 0) is 43.4 Å². The number of carbonyl (C=O) groups is 4. The second-order valence-electron chi connectivity index (χ2n) is 30.0. The summed E-state index contributed by atoms with van der Waals surface area (Å²) in [5.74, 6) is 0.198. The first-order valence-electron chi connectivity index (χ1n) is 41.4. The molecule has 0 aromatic carbocycles. The Morgan fingerprint density at radius 3 is 0.768 bits per heavy atom. The van der Waals surface area contributed by atoms with Crippen molar-refractivity contribution in [1.29, 1.82) is 0 Å². The number of hydrogen-bond donors (Lipinski definition) is 3. The summed E-state index contributed by atoms with van der Waals surface area (Å²) < 4.78 is 68.7. The summed E-state index contributed by atoms with van der Waals surface area (Å²) in [6.45, 7) is 11.9. The SMILES string of the molecule is CCCCCCCCCCCCCCCCCCCC(=O)OC[C@H](COP(=O)(O)OC[C@@H](O)COP(=O)(O)OC[C@@H](COC(=O)CCCCCCCCCC(C)C)OC(=O)CCCCCCCCCCCCC(C)CC)OC(=O)CCCCCCCCCCCCCCCCCC(C)C. The Hall–Kier alpha value is -1.94. The van der Waals surface area contributed by atoms with Crippen LogP contribution in [0.25, 0.3) is 0 Å². The number of aliphatic hydroxyl groups excluding tert-OH is 1. The molecule has 0 aliphatic carbocycles. The third kappa shape index (κ3) is 72.8. The zero-order valence-electron chi connectivity index (χ0n) is 65.0. The summed E-state index contributed by atoms with van der Waals surface area (Å²) in [6, 6.07) is 0. The smallest absolute Gasteiger partial charge is 0.462 e. The van der Waals surface area contributed by atoms with Gasteiger partial charge in [0.1, 0.15) is 19.3 Å². The Morgan fingerprint density at radius 2 is 0.515 bits per heavy atom. The van der Waals surface area contributed by atoms with E-state index < -0.39 is 97.5 Å². The van der Waals surface area contributed by atoms with Gasteiger partial charge in [-0.3, -0.25) is 37.3 Å². The fraction of sp³-hybridized carbons (Fsp3) is 0.950. The van der Waals surface area contributed by atoms with Crippen LogP contribution in [0.1, 0.15) is 414 Å². The van der Waals surface area contributed by atoms with E-state index >= 15 is 0 Å². The minimum Gasteiger partial charge on any atom is -0.462 e. The molecule has 0 amide bonds. The Morgan fingerprint density at radius 1 is 0.293 bits per heavy atom. The topological polar surface area (TPSA) is 237 Å². The van der Waals surface area contributed by atoms with Crippen molar-refractivity contribution in [3.05, 3.63) is 0 Å². The van der Waals surface area contributed by atoms with Crippen molar-refractivity contribution in [2.24, 2.45) is 17.8 Å². The largest absolute Gasteiger partial charge is 0.472 e. The molecule has 17 nitrogen and oxygen atoms in total. The second kappa shape index (κ2) is 70.4. The first-order valence-corrected chi connectivity index (χ1v) is 44.4.